The molecule has 2 N–H and O–H groups in total. The summed E-state index contributed by atoms with van der Waals surface area (Å²) in [6, 6.07) is 15.6. The quantitative estimate of drug-likeness (QED) is 0.888. The Kier molecular flexibility index (Phi) is 3.15. The van der Waals surface area contributed by atoms with Crippen molar-refractivity contribution in [2.75, 3.05) is 0 Å². The summed E-state index contributed by atoms with van der Waals surface area (Å²) in [6.45, 7) is 0. The zero-order valence-electron chi connectivity index (χ0n) is 12.0. The lowest BCUT2D eigenvalue weighted by Crippen LogP contribution is -2.48. The maximum Gasteiger partial charge on any atom is 0.251 e. The van der Waals surface area contributed by atoms with E-state index in [2.05, 4.69) is 22.8 Å². The summed E-state index contributed by atoms with van der Waals surface area (Å²) in [5, 5.41) is 9.12. The number of amides is 1. The van der Waals surface area contributed by atoms with Crippen molar-refractivity contribution in [1.82, 2.24) is 10.6 Å². The van der Waals surface area contributed by atoms with Gasteiger partial charge in [0.15, 0.2) is 0 Å². The number of rotatable bonds is 2. The summed E-state index contributed by atoms with van der Waals surface area (Å²) >= 11 is 0. The predicted molar refractivity (Wildman–Crippen MR) is 84.4 cm³/mol. The molecule has 2 heterocycles. The molecule has 4 rings (SSSR count). The molecule has 21 heavy (non-hydrogen) atoms. The van der Waals surface area contributed by atoms with Gasteiger partial charge in [0, 0.05) is 23.7 Å². The Balaban J connectivity index is 1.50. The van der Waals surface area contributed by atoms with E-state index in [1.807, 2.05) is 30.3 Å². The number of carbonyl (C=O) groups excluding carboxylic acids is 1. The monoisotopic (exact) mass is 280 g/mol. The van der Waals surface area contributed by atoms with Gasteiger partial charge in [0.05, 0.1) is 0 Å². The van der Waals surface area contributed by atoms with Gasteiger partial charge >= 0.3 is 0 Å². The molecular formula is C18H20N2O. The first-order chi connectivity index (χ1) is 10.3. The number of fused-ring (bicyclic) bond motifs is 3. The number of hydrogen-bond acceptors (Lipinski definition) is 2. The van der Waals surface area contributed by atoms with Gasteiger partial charge in [-0.25, -0.2) is 0 Å². The van der Waals surface area contributed by atoms with Crippen LogP contribution in [0.4, 0.5) is 0 Å². The molecule has 0 saturated carbocycles. The molecule has 0 spiro atoms. The van der Waals surface area contributed by atoms with Crippen molar-refractivity contribution in [2.24, 2.45) is 0 Å². The van der Waals surface area contributed by atoms with Gasteiger partial charge in [0.1, 0.15) is 0 Å². The first-order valence-electron chi connectivity index (χ1n) is 7.84. The molecule has 2 aromatic rings. The van der Waals surface area contributed by atoms with E-state index >= 15 is 0 Å². The molecule has 108 valence electrons. The Labute approximate surface area is 124 Å². The molecule has 2 fully saturated rings. The summed E-state index contributed by atoms with van der Waals surface area (Å²) in [7, 11) is 0. The van der Waals surface area contributed by atoms with Gasteiger partial charge in [0.25, 0.3) is 5.91 Å². The topological polar surface area (TPSA) is 41.1 Å². The maximum atomic E-state index is 12.5. The molecule has 0 radical (unpaired) electrons. The highest BCUT2D eigenvalue weighted by atomic mass is 16.1. The number of benzene rings is 2. The van der Waals surface area contributed by atoms with Crippen LogP contribution in [0.3, 0.4) is 0 Å². The molecule has 1 amide bonds. The molecule has 2 bridgehead atoms. The van der Waals surface area contributed by atoms with Gasteiger partial charge in [-0.1, -0.05) is 30.3 Å². The normalized spacial score (nSPS) is 27.7. The summed E-state index contributed by atoms with van der Waals surface area (Å²) < 4.78 is 0. The Hall–Kier alpha value is -1.87. The van der Waals surface area contributed by atoms with E-state index < -0.39 is 0 Å². The van der Waals surface area contributed by atoms with E-state index in [0.717, 1.165) is 23.8 Å². The van der Waals surface area contributed by atoms with Gasteiger partial charge in [-0.05, 0) is 48.6 Å². The zero-order valence-corrected chi connectivity index (χ0v) is 12.0. The molecule has 3 heteroatoms. The Morgan fingerprint density at radius 3 is 2.48 bits per heavy atom. The van der Waals surface area contributed by atoms with Crippen LogP contribution in [0.5, 0.6) is 0 Å². The summed E-state index contributed by atoms with van der Waals surface area (Å²) in [6.07, 6.45) is 4.64. The van der Waals surface area contributed by atoms with Gasteiger partial charge in [-0.15, -0.1) is 0 Å². The van der Waals surface area contributed by atoms with Crippen molar-refractivity contribution in [1.29, 1.82) is 0 Å². The second-order valence-electron chi connectivity index (χ2n) is 6.34. The van der Waals surface area contributed by atoms with Crippen LogP contribution in [0.1, 0.15) is 36.0 Å². The fraction of sp³-hybridized carbons (Fsp3) is 0.389. The minimum Gasteiger partial charge on any atom is -0.349 e. The lowest BCUT2D eigenvalue weighted by atomic mass is 9.99. The second-order valence-corrected chi connectivity index (χ2v) is 6.34. The number of piperidine rings is 1. The molecule has 0 aliphatic carbocycles. The highest BCUT2D eigenvalue weighted by Crippen LogP contribution is 2.27. The minimum atomic E-state index is 0.0621. The average molecular weight is 280 g/mol. The largest absolute Gasteiger partial charge is 0.349 e. The van der Waals surface area contributed by atoms with Crippen LogP contribution in [-0.4, -0.2) is 24.0 Å². The molecule has 2 aliphatic rings. The number of hydrogen-bond donors (Lipinski definition) is 2. The average Bonchev–Trinajstić information content (AvgIpc) is 2.85. The summed E-state index contributed by atoms with van der Waals surface area (Å²) in [5.41, 5.74) is 0.763. The summed E-state index contributed by atoms with van der Waals surface area (Å²) in [5.74, 6) is 0.0621. The third-order valence-corrected chi connectivity index (χ3v) is 4.82. The van der Waals surface area contributed by atoms with E-state index in [9.17, 15) is 4.79 Å². The van der Waals surface area contributed by atoms with Crippen LogP contribution >= 0.6 is 0 Å². The van der Waals surface area contributed by atoms with E-state index in [4.69, 9.17) is 0 Å². The molecule has 2 aromatic carbocycles. The van der Waals surface area contributed by atoms with E-state index in [1.165, 1.54) is 18.2 Å². The standard InChI is InChI=1S/C18H20N2O/c21-18(20-17-10-15-7-8-16(11-17)19-15)14-6-5-12-3-1-2-4-13(12)9-14/h1-6,9,15-17,19H,7-8,10-11H2,(H,20,21). The highest BCUT2D eigenvalue weighted by Gasteiger charge is 2.34. The van der Waals surface area contributed by atoms with Gasteiger partial charge in [-0.2, -0.15) is 0 Å². The van der Waals surface area contributed by atoms with Crippen molar-refractivity contribution in [3.8, 4) is 0 Å². The van der Waals surface area contributed by atoms with Crippen LogP contribution in [0, 0.1) is 0 Å². The van der Waals surface area contributed by atoms with Crippen molar-refractivity contribution in [3.05, 3.63) is 48.0 Å². The van der Waals surface area contributed by atoms with Crippen LogP contribution in [0.2, 0.25) is 0 Å². The smallest absolute Gasteiger partial charge is 0.251 e. The number of carbonyl (C=O) groups is 1. The molecule has 0 aromatic heterocycles. The Morgan fingerprint density at radius 2 is 1.71 bits per heavy atom. The third kappa shape index (κ3) is 2.54. The number of nitrogens with one attached hydrogen (secondary N) is 2. The third-order valence-electron chi connectivity index (χ3n) is 4.82. The lowest BCUT2D eigenvalue weighted by Gasteiger charge is -2.29. The van der Waals surface area contributed by atoms with Crippen LogP contribution in [-0.2, 0) is 0 Å². The van der Waals surface area contributed by atoms with Crippen molar-refractivity contribution >= 4 is 16.7 Å². The van der Waals surface area contributed by atoms with Crippen molar-refractivity contribution < 1.29 is 4.79 Å². The van der Waals surface area contributed by atoms with Gasteiger partial charge in [-0.3, -0.25) is 4.79 Å². The van der Waals surface area contributed by atoms with Crippen LogP contribution < -0.4 is 10.6 Å². The minimum absolute atomic E-state index is 0.0621. The molecule has 2 unspecified atom stereocenters. The van der Waals surface area contributed by atoms with Crippen molar-refractivity contribution in [2.45, 2.75) is 43.8 Å². The molecule has 2 aliphatic heterocycles. The molecule has 3 nitrogen and oxygen atoms in total. The van der Waals surface area contributed by atoms with E-state index in [-0.39, 0.29) is 5.91 Å². The first kappa shape index (κ1) is 12.8. The molecule has 2 saturated heterocycles. The van der Waals surface area contributed by atoms with E-state index in [1.54, 1.807) is 0 Å². The lowest BCUT2D eigenvalue weighted by molar-refractivity contribution is 0.0924. The second kappa shape index (κ2) is 5.15. The highest BCUT2D eigenvalue weighted by molar-refractivity contribution is 5.98. The van der Waals surface area contributed by atoms with Crippen molar-refractivity contribution in [3.63, 3.8) is 0 Å². The maximum absolute atomic E-state index is 12.5. The fourth-order valence-corrected chi connectivity index (χ4v) is 3.77. The Morgan fingerprint density at radius 1 is 1.00 bits per heavy atom. The summed E-state index contributed by atoms with van der Waals surface area (Å²) in [4.78, 5) is 12.5. The zero-order chi connectivity index (χ0) is 14.2. The Bertz CT molecular complexity index is 670. The SMILES string of the molecule is O=C(NC1CC2CCC(C1)N2)c1ccc2ccccc2c1. The van der Waals surface area contributed by atoms with Crippen LogP contribution in [0.25, 0.3) is 10.8 Å². The van der Waals surface area contributed by atoms with E-state index in [0.29, 0.717) is 18.1 Å². The molecule has 2 atom stereocenters. The first-order valence-corrected chi connectivity index (χ1v) is 7.84. The molecular weight excluding hydrogens is 260 g/mol. The predicted octanol–water partition coefficient (Wildman–Crippen LogP) is 2.85. The fourth-order valence-electron chi connectivity index (χ4n) is 3.77. The van der Waals surface area contributed by atoms with Gasteiger partial charge < -0.3 is 10.6 Å². The van der Waals surface area contributed by atoms with Crippen LogP contribution in [0.15, 0.2) is 42.5 Å². The van der Waals surface area contributed by atoms with Gasteiger partial charge in [0.2, 0.25) is 0 Å².